The number of rotatable bonds is 3. The highest BCUT2D eigenvalue weighted by molar-refractivity contribution is 5.95. The normalized spacial score (nSPS) is 10.4. The van der Waals surface area contributed by atoms with E-state index < -0.39 is 0 Å². The number of carbonyl (C=O) groups excluding carboxylic acids is 1. The zero-order valence-electron chi connectivity index (χ0n) is 11.6. The fourth-order valence-corrected chi connectivity index (χ4v) is 2.34. The van der Waals surface area contributed by atoms with Crippen molar-refractivity contribution in [2.45, 2.75) is 6.42 Å². The standard InChI is InChI=1S/C17H12FN3O/c18-13-4-5-16-15(8-13)12(10-20-16)7-17(22)21-14-3-1-2-11(6-14)9-19/h1-6,8,10,20H,7H2,(H,21,22). The number of nitrogens with zero attached hydrogens (tertiary/aromatic N) is 1. The number of halogens is 1. The van der Waals surface area contributed by atoms with Gasteiger partial charge in [0.1, 0.15) is 5.82 Å². The quantitative estimate of drug-likeness (QED) is 0.777. The van der Waals surface area contributed by atoms with Crippen LogP contribution in [0.3, 0.4) is 0 Å². The molecule has 0 aliphatic heterocycles. The number of carbonyl (C=O) groups is 1. The van der Waals surface area contributed by atoms with Gasteiger partial charge in [0, 0.05) is 22.8 Å². The van der Waals surface area contributed by atoms with Crippen LogP contribution in [0.25, 0.3) is 10.9 Å². The lowest BCUT2D eigenvalue weighted by molar-refractivity contribution is -0.115. The zero-order valence-corrected chi connectivity index (χ0v) is 11.6. The summed E-state index contributed by atoms with van der Waals surface area (Å²) in [5.41, 5.74) is 2.56. The van der Waals surface area contributed by atoms with Crippen molar-refractivity contribution in [3.63, 3.8) is 0 Å². The molecule has 0 saturated carbocycles. The summed E-state index contributed by atoms with van der Waals surface area (Å²) in [5.74, 6) is -0.560. The van der Waals surface area contributed by atoms with Gasteiger partial charge in [0.2, 0.25) is 5.91 Å². The SMILES string of the molecule is N#Cc1cccc(NC(=O)Cc2c[nH]c3ccc(F)cc23)c1. The van der Waals surface area contributed by atoms with Crippen molar-refractivity contribution in [3.8, 4) is 6.07 Å². The molecule has 1 aromatic heterocycles. The molecule has 0 unspecified atom stereocenters. The Kier molecular flexibility index (Phi) is 3.58. The lowest BCUT2D eigenvalue weighted by Gasteiger charge is -2.05. The van der Waals surface area contributed by atoms with Crippen LogP contribution in [0, 0.1) is 17.1 Å². The summed E-state index contributed by atoms with van der Waals surface area (Å²) in [5, 5.41) is 12.3. The number of benzene rings is 2. The van der Waals surface area contributed by atoms with Gasteiger partial charge in [-0.1, -0.05) is 6.07 Å². The molecule has 4 nitrogen and oxygen atoms in total. The van der Waals surface area contributed by atoms with Crippen LogP contribution in [-0.2, 0) is 11.2 Å². The summed E-state index contributed by atoms with van der Waals surface area (Å²) in [6, 6.07) is 13.1. The average molecular weight is 293 g/mol. The molecule has 0 aliphatic rings. The van der Waals surface area contributed by atoms with Crippen molar-refractivity contribution < 1.29 is 9.18 Å². The van der Waals surface area contributed by atoms with Gasteiger partial charge in [-0.05, 0) is 42.0 Å². The summed E-state index contributed by atoms with van der Waals surface area (Å²) >= 11 is 0. The maximum Gasteiger partial charge on any atom is 0.228 e. The van der Waals surface area contributed by atoms with Gasteiger partial charge in [0.15, 0.2) is 0 Å². The minimum atomic E-state index is -0.338. The largest absolute Gasteiger partial charge is 0.361 e. The second kappa shape index (κ2) is 5.70. The summed E-state index contributed by atoms with van der Waals surface area (Å²) < 4.78 is 13.3. The molecule has 0 radical (unpaired) electrons. The van der Waals surface area contributed by atoms with E-state index in [0.717, 1.165) is 11.1 Å². The molecule has 22 heavy (non-hydrogen) atoms. The van der Waals surface area contributed by atoms with Crippen molar-refractivity contribution in [1.29, 1.82) is 5.26 Å². The Balaban J connectivity index is 1.78. The number of nitriles is 1. The molecular formula is C17H12FN3O. The molecular weight excluding hydrogens is 281 g/mol. The van der Waals surface area contributed by atoms with Crippen LogP contribution in [0.2, 0.25) is 0 Å². The molecule has 3 aromatic rings. The van der Waals surface area contributed by atoms with Gasteiger partial charge in [0.25, 0.3) is 0 Å². The Morgan fingerprint density at radius 3 is 2.95 bits per heavy atom. The fraction of sp³-hybridized carbons (Fsp3) is 0.0588. The van der Waals surface area contributed by atoms with Crippen LogP contribution in [0.5, 0.6) is 0 Å². The molecule has 108 valence electrons. The fourth-order valence-electron chi connectivity index (χ4n) is 2.34. The van der Waals surface area contributed by atoms with E-state index in [9.17, 15) is 9.18 Å². The van der Waals surface area contributed by atoms with Crippen LogP contribution in [0.4, 0.5) is 10.1 Å². The van der Waals surface area contributed by atoms with Crippen molar-refractivity contribution in [3.05, 3.63) is 65.6 Å². The van der Waals surface area contributed by atoms with E-state index in [4.69, 9.17) is 5.26 Å². The molecule has 2 N–H and O–H groups in total. The zero-order chi connectivity index (χ0) is 15.5. The number of fused-ring (bicyclic) bond motifs is 1. The first kappa shape index (κ1) is 13.8. The molecule has 1 amide bonds. The van der Waals surface area contributed by atoms with Crippen LogP contribution in [0.1, 0.15) is 11.1 Å². The molecule has 0 spiro atoms. The molecule has 0 saturated heterocycles. The van der Waals surface area contributed by atoms with Crippen LogP contribution >= 0.6 is 0 Å². The van der Waals surface area contributed by atoms with Gasteiger partial charge >= 0.3 is 0 Å². The Morgan fingerprint density at radius 1 is 1.27 bits per heavy atom. The lowest BCUT2D eigenvalue weighted by Crippen LogP contribution is -2.14. The summed E-state index contributed by atoms with van der Waals surface area (Å²) in [6.45, 7) is 0. The van der Waals surface area contributed by atoms with E-state index in [2.05, 4.69) is 10.3 Å². The van der Waals surface area contributed by atoms with Gasteiger partial charge in [-0.25, -0.2) is 4.39 Å². The summed E-state index contributed by atoms with van der Waals surface area (Å²) in [4.78, 5) is 15.1. The maximum atomic E-state index is 13.3. The third kappa shape index (κ3) is 2.81. The predicted octanol–water partition coefficient (Wildman–Crippen LogP) is 3.36. The lowest BCUT2D eigenvalue weighted by atomic mass is 10.1. The Labute approximate surface area is 126 Å². The van der Waals surface area contributed by atoms with Crippen molar-refractivity contribution in [2.75, 3.05) is 5.32 Å². The van der Waals surface area contributed by atoms with E-state index in [-0.39, 0.29) is 18.1 Å². The van der Waals surface area contributed by atoms with E-state index >= 15 is 0 Å². The number of anilines is 1. The Morgan fingerprint density at radius 2 is 2.14 bits per heavy atom. The highest BCUT2D eigenvalue weighted by atomic mass is 19.1. The second-order valence-corrected chi connectivity index (χ2v) is 4.92. The number of aromatic nitrogens is 1. The number of hydrogen-bond donors (Lipinski definition) is 2. The monoisotopic (exact) mass is 293 g/mol. The maximum absolute atomic E-state index is 13.3. The van der Waals surface area contributed by atoms with E-state index in [1.54, 1.807) is 36.5 Å². The third-order valence-corrected chi connectivity index (χ3v) is 3.36. The van der Waals surface area contributed by atoms with Crippen molar-refractivity contribution >= 4 is 22.5 Å². The second-order valence-electron chi connectivity index (χ2n) is 4.92. The highest BCUT2D eigenvalue weighted by Gasteiger charge is 2.10. The number of amides is 1. The molecule has 3 rings (SSSR count). The topological polar surface area (TPSA) is 68.7 Å². The molecule has 0 bridgehead atoms. The summed E-state index contributed by atoms with van der Waals surface area (Å²) in [7, 11) is 0. The Bertz CT molecular complexity index is 892. The van der Waals surface area contributed by atoms with Gasteiger partial charge in [0.05, 0.1) is 18.1 Å². The predicted molar refractivity (Wildman–Crippen MR) is 81.7 cm³/mol. The minimum Gasteiger partial charge on any atom is -0.361 e. The molecule has 0 fully saturated rings. The van der Waals surface area contributed by atoms with Crippen LogP contribution in [-0.4, -0.2) is 10.9 Å². The molecule has 0 atom stereocenters. The van der Waals surface area contributed by atoms with Crippen molar-refractivity contribution in [1.82, 2.24) is 4.98 Å². The number of hydrogen-bond acceptors (Lipinski definition) is 2. The van der Waals surface area contributed by atoms with E-state index in [1.807, 2.05) is 6.07 Å². The number of nitrogens with one attached hydrogen (secondary N) is 2. The Hall–Kier alpha value is -3.13. The minimum absolute atomic E-state index is 0.125. The number of aromatic amines is 1. The first-order valence-electron chi connectivity index (χ1n) is 6.71. The number of H-pyrrole nitrogens is 1. The average Bonchev–Trinajstić information content (AvgIpc) is 2.89. The molecule has 5 heteroatoms. The smallest absolute Gasteiger partial charge is 0.228 e. The molecule has 0 aliphatic carbocycles. The van der Waals surface area contributed by atoms with Crippen LogP contribution in [0.15, 0.2) is 48.7 Å². The van der Waals surface area contributed by atoms with Gasteiger partial charge in [-0.3, -0.25) is 4.79 Å². The van der Waals surface area contributed by atoms with Crippen molar-refractivity contribution in [2.24, 2.45) is 0 Å². The molecule has 2 aromatic carbocycles. The highest BCUT2D eigenvalue weighted by Crippen LogP contribution is 2.20. The first-order chi connectivity index (χ1) is 10.7. The van der Waals surface area contributed by atoms with Gasteiger partial charge in [-0.2, -0.15) is 5.26 Å². The third-order valence-electron chi connectivity index (χ3n) is 3.36. The van der Waals surface area contributed by atoms with Gasteiger partial charge < -0.3 is 10.3 Å². The van der Waals surface area contributed by atoms with E-state index in [1.165, 1.54) is 12.1 Å². The first-order valence-corrected chi connectivity index (χ1v) is 6.71. The molecule has 1 heterocycles. The van der Waals surface area contributed by atoms with Crippen LogP contribution < -0.4 is 5.32 Å². The van der Waals surface area contributed by atoms with E-state index in [0.29, 0.717) is 16.6 Å². The summed E-state index contributed by atoms with van der Waals surface area (Å²) in [6.07, 6.45) is 1.83. The van der Waals surface area contributed by atoms with Gasteiger partial charge in [-0.15, -0.1) is 0 Å².